The Hall–Kier alpha value is -0.950. The van der Waals surface area contributed by atoms with Gasteiger partial charge in [0.15, 0.2) is 0 Å². The first-order valence-corrected chi connectivity index (χ1v) is 4.94. The van der Waals surface area contributed by atoms with E-state index in [0.29, 0.717) is 6.42 Å². The molecule has 1 aliphatic rings. The van der Waals surface area contributed by atoms with Gasteiger partial charge in [0.2, 0.25) is 6.08 Å². The van der Waals surface area contributed by atoms with Gasteiger partial charge in [0.05, 0.1) is 6.04 Å². The minimum Gasteiger partial charge on any atom is -0.303 e. The lowest BCUT2D eigenvalue weighted by molar-refractivity contribution is -0.119. The normalized spacial score (nSPS) is 35.8. The predicted octanol–water partition coefficient (Wildman–Crippen LogP) is 2.11. The summed E-state index contributed by atoms with van der Waals surface area (Å²) in [4.78, 5) is 24.9. The van der Waals surface area contributed by atoms with Gasteiger partial charge in [0, 0.05) is 5.41 Å². The van der Waals surface area contributed by atoms with E-state index in [1.54, 1.807) is 6.08 Å². The monoisotopic (exact) mass is 195 g/mol. The van der Waals surface area contributed by atoms with Gasteiger partial charge in [-0.1, -0.05) is 20.8 Å². The summed E-state index contributed by atoms with van der Waals surface area (Å²) in [6, 6.07) is -0.0357. The Kier molecular flexibility index (Phi) is 2.91. The molecule has 0 aromatic carbocycles. The quantitative estimate of drug-likeness (QED) is 0.385. The van der Waals surface area contributed by atoms with Crippen molar-refractivity contribution in [2.45, 2.75) is 46.1 Å². The average molecular weight is 195 g/mol. The van der Waals surface area contributed by atoms with Crippen LogP contribution in [0.1, 0.15) is 40.0 Å². The summed E-state index contributed by atoms with van der Waals surface area (Å²) >= 11 is 0. The molecule has 1 fully saturated rings. The molecule has 1 aliphatic carbocycles. The molecule has 3 nitrogen and oxygen atoms in total. The molecule has 1 saturated carbocycles. The highest BCUT2D eigenvalue weighted by Gasteiger charge is 2.41. The summed E-state index contributed by atoms with van der Waals surface area (Å²) < 4.78 is 0. The zero-order chi connectivity index (χ0) is 10.8. The molecule has 0 bridgehead atoms. The van der Waals surface area contributed by atoms with Crippen LogP contribution in [0, 0.1) is 10.8 Å². The minimum absolute atomic E-state index is 0.0357. The minimum atomic E-state index is -0.327. The summed E-state index contributed by atoms with van der Waals surface area (Å²) in [6.07, 6.45) is 5.01. The third-order valence-corrected chi connectivity index (χ3v) is 2.89. The lowest BCUT2D eigenvalue weighted by atomic mass is 9.63. The Labute approximate surface area is 84.6 Å². The van der Waals surface area contributed by atoms with Crippen LogP contribution in [0.5, 0.6) is 0 Å². The van der Waals surface area contributed by atoms with Crippen LogP contribution < -0.4 is 0 Å². The number of carbonyl (C=O) groups is 1. The van der Waals surface area contributed by atoms with Crippen LogP contribution in [0.15, 0.2) is 4.99 Å². The maximum atomic E-state index is 11.0. The Morgan fingerprint density at radius 1 is 1.36 bits per heavy atom. The molecule has 0 aliphatic heterocycles. The van der Waals surface area contributed by atoms with E-state index in [2.05, 4.69) is 18.8 Å². The fourth-order valence-corrected chi connectivity index (χ4v) is 2.74. The molecule has 2 unspecified atom stereocenters. The highest BCUT2D eigenvalue weighted by atomic mass is 16.1. The van der Waals surface area contributed by atoms with Crippen molar-refractivity contribution in [3.05, 3.63) is 0 Å². The van der Waals surface area contributed by atoms with Crippen LogP contribution >= 0.6 is 0 Å². The number of aliphatic imine (C=N–C) groups is 1. The van der Waals surface area contributed by atoms with Crippen molar-refractivity contribution in [3.63, 3.8) is 0 Å². The molecule has 0 spiro atoms. The SMILES string of the molecule is CC1(C)CC(N=C=O)CC(C)(C=O)C1. The predicted molar refractivity (Wildman–Crippen MR) is 53.7 cm³/mol. The first-order chi connectivity index (χ1) is 6.41. The van der Waals surface area contributed by atoms with Crippen LogP contribution in [-0.4, -0.2) is 18.4 Å². The summed E-state index contributed by atoms with van der Waals surface area (Å²) in [5.41, 5.74) is -0.244. The molecular weight excluding hydrogens is 178 g/mol. The fourth-order valence-electron chi connectivity index (χ4n) is 2.74. The molecule has 1 rings (SSSR count). The summed E-state index contributed by atoms with van der Waals surface area (Å²) in [7, 11) is 0. The molecule has 0 N–H and O–H groups in total. The van der Waals surface area contributed by atoms with Gasteiger partial charge in [0.1, 0.15) is 6.29 Å². The number of aldehydes is 1. The standard InChI is InChI=1S/C11H17NO2/c1-10(2)4-9(12-8-14)5-11(3,6-10)7-13/h7,9H,4-6H2,1-3H3. The van der Waals surface area contributed by atoms with Gasteiger partial charge in [0.25, 0.3) is 0 Å². The molecule has 14 heavy (non-hydrogen) atoms. The van der Waals surface area contributed by atoms with E-state index in [1.807, 2.05) is 6.92 Å². The van der Waals surface area contributed by atoms with Crippen LogP contribution in [0.2, 0.25) is 0 Å². The highest BCUT2D eigenvalue weighted by molar-refractivity contribution is 5.59. The van der Waals surface area contributed by atoms with E-state index in [1.165, 1.54) is 0 Å². The number of hydrogen-bond acceptors (Lipinski definition) is 3. The van der Waals surface area contributed by atoms with E-state index in [4.69, 9.17) is 0 Å². The first kappa shape index (κ1) is 11.1. The van der Waals surface area contributed by atoms with Gasteiger partial charge in [-0.3, -0.25) is 0 Å². The van der Waals surface area contributed by atoms with E-state index in [9.17, 15) is 9.59 Å². The number of rotatable bonds is 2. The molecule has 3 heteroatoms. The Morgan fingerprint density at radius 3 is 2.50 bits per heavy atom. The molecule has 0 radical (unpaired) electrons. The largest absolute Gasteiger partial charge is 0.303 e. The van der Waals surface area contributed by atoms with Crippen LogP contribution in [0.3, 0.4) is 0 Å². The second kappa shape index (κ2) is 3.66. The van der Waals surface area contributed by atoms with E-state index in [-0.39, 0.29) is 16.9 Å². The number of hydrogen-bond donors (Lipinski definition) is 0. The van der Waals surface area contributed by atoms with Crippen molar-refractivity contribution in [1.82, 2.24) is 0 Å². The van der Waals surface area contributed by atoms with Gasteiger partial charge >= 0.3 is 0 Å². The molecule has 0 heterocycles. The molecule has 0 saturated heterocycles. The number of nitrogens with zero attached hydrogens (tertiary/aromatic N) is 1. The van der Waals surface area contributed by atoms with E-state index >= 15 is 0 Å². The molecule has 2 atom stereocenters. The van der Waals surface area contributed by atoms with Crippen molar-refractivity contribution in [2.24, 2.45) is 15.8 Å². The van der Waals surface area contributed by atoms with Crippen LogP contribution in [0.25, 0.3) is 0 Å². The first-order valence-electron chi connectivity index (χ1n) is 4.94. The smallest absolute Gasteiger partial charge is 0.235 e. The van der Waals surface area contributed by atoms with Crippen LogP contribution in [-0.2, 0) is 9.59 Å². The fraction of sp³-hybridized carbons (Fsp3) is 0.818. The Bertz CT molecular complexity index is 279. The molecule has 78 valence electrons. The van der Waals surface area contributed by atoms with Crippen LogP contribution in [0.4, 0.5) is 0 Å². The lowest BCUT2D eigenvalue weighted by Gasteiger charge is -2.42. The van der Waals surface area contributed by atoms with Crippen molar-refractivity contribution < 1.29 is 9.59 Å². The molecule has 0 aromatic heterocycles. The van der Waals surface area contributed by atoms with Gasteiger partial charge in [-0.05, 0) is 24.7 Å². The summed E-state index contributed by atoms with van der Waals surface area (Å²) in [5, 5.41) is 0. The second-order valence-corrected chi connectivity index (χ2v) is 5.40. The summed E-state index contributed by atoms with van der Waals surface area (Å²) in [6.45, 7) is 6.16. The Balaban J connectivity index is 2.87. The van der Waals surface area contributed by atoms with Gasteiger partial charge < -0.3 is 4.79 Å². The van der Waals surface area contributed by atoms with Crippen molar-refractivity contribution in [2.75, 3.05) is 0 Å². The third kappa shape index (κ3) is 2.52. The van der Waals surface area contributed by atoms with Gasteiger partial charge in [-0.25, -0.2) is 9.79 Å². The highest BCUT2D eigenvalue weighted by Crippen LogP contribution is 2.45. The van der Waals surface area contributed by atoms with Gasteiger partial charge in [-0.2, -0.15) is 0 Å². The number of isocyanates is 1. The Morgan fingerprint density at radius 2 is 2.00 bits per heavy atom. The zero-order valence-electron chi connectivity index (χ0n) is 9.04. The van der Waals surface area contributed by atoms with Crippen molar-refractivity contribution in [1.29, 1.82) is 0 Å². The van der Waals surface area contributed by atoms with E-state index in [0.717, 1.165) is 19.1 Å². The van der Waals surface area contributed by atoms with Gasteiger partial charge in [-0.15, -0.1) is 0 Å². The van der Waals surface area contributed by atoms with E-state index < -0.39 is 0 Å². The maximum Gasteiger partial charge on any atom is 0.235 e. The lowest BCUT2D eigenvalue weighted by Crippen LogP contribution is -2.38. The molecule has 0 aromatic rings. The van der Waals surface area contributed by atoms with Crippen molar-refractivity contribution >= 4 is 12.4 Å². The molecular formula is C11H17NO2. The van der Waals surface area contributed by atoms with Crippen molar-refractivity contribution in [3.8, 4) is 0 Å². The third-order valence-electron chi connectivity index (χ3n) is 2.89. The average Bonchev–Trinajstić information content (AvgIpc) is 2.01. The topological polar surface area (TPSA) is 46.5 Å². The number of carbonyl (C=O) groups excluding carboxylic acids is 2. The second-order valence-electron chi connectivity index (χ2n) is 5.40. The summed E-state index contributed by atoms with van der Waals surface area (Å²) in [5.74, 6) is 0. The zero-order valence-corrected chi connectivity index (χ0v) is 9.04. The maximum absolute atomic E-state index is 11.0. The molecule has 0 amide bonds.